The molecule has 3 aromatic rings. The van der Waals surface area contributed by atoms with Gasteiger partial charge in [-0.1, -0.05) is 62.8 Å². The summed E-state index contributed by atoms with van der Waals surface area (Å²) in [7, 11) is 3.61. The lowest BCUT2D eigenvalue weighted by atomic mass is 10.00. The fraction of sp³-hybridized carbons (Fsp3) is 0.321. The molecule has 0 saturated heterocycles. The van der Waals surface area contributed by atoms with E-state index < -0.39 is 0 Å². The average Bonchev–Trinajstić information content (AvgIpc) is 2.84. The van der Waals surface area contributed by atoms with Crippen LogP contribution in [-0.2, 0) is 6.54 Å². The Morgan fingerprint density at radius 1 is 1.15 bits per heavy atom. The van der Waals surface area contributed by atoms with Crippen molar-refractivity contribution in [3.63, 3.8) is 0 Å². The smallest absolute Gasteiger partial charge is 0.220 e. The summed E-state index contributed by atoms with van der Waals surface area (Å²) in [6, 6.07) is 15.6. The van der Waals surface area contributed by atoms with E-state index in [1.54, 1.807) is 19.4 Å². The molecule has 0 fully saturated rings. The number of nitrogens with zero attached hydrogens (tertiary/aromatic N) is 2. The van der Waals surface area contributed by atoms with E-state index in [0.29, 0.717) is 11.9 Å². The number of benzene rings is 2. The minimum Gasteiger partial charge on any atom is -0.497 e. The molecule has 3 N–H and O–H groups in total. The van der Waals surface area contributed by atoms with Crippen LogP contribution in [0.3, 0.4) is 0 Å². The van der Waals surface area contributed by atoms with Gasteiger partial charge >= 0.3 is 0 Å². The third-order valence-electron chi connectivity index (χ3n) is 5.05. The zero-order valence-electron chi connectivity index (χ0n) is 21.2. The molecular weight excluding hydrogens is 424 g/mol. The standard InChI is InChI=1S/C14H18O.C9H13NO.C5H7N3/c1-4-11(2)8-9-14-12(3)6-5-7-13(14)10-15;1-10-7-8-4-3-5-9(6-8)11-2;1-4-2-3-7-5(6)8-4/h5-11H,4H2,1-3H3;3-6,10H,7H2,1-2H3;2-3H,1H3,(H2,6,7,8)/b9-8-;;. The van der Waals surface area contributed by atoms with Crippen molar-refractivity contribution >= 4 is 18.3 Å². The molecule has 0 radical (unpaired) electrons. The number of aldehydes is 1. The van der Waals surface area contributed by atoms with Crippen LogP contribution in [0.4, 0.5) is 5.95 Å². The Morgan fingerprint density at radius 2 is 1.88 bits per heavy atom. The van der Waals surface area contributed by atoms with E-state index in [0.717, 1.165) is 47.4 Å². The maximum Gasteiger partial charge on any atom is 0.220 e. The van der Waals surface area contributed by atoms with Crippen LogP contribution in [0.15, 0.2) is 60.8 Å². The third-order valence-corrected chi connectivity index (χ3v) is 5.05. The van der Waals surface area contributed by atoms with Crippen LogP contribution in [0.5, 0.6) is 5.75 Å². The van der Waals surface area contributed by atoms with Crippen molar-refractivity contribution in [1.29, 1.82) is 0 Å². The van der Waals surface area contributed by atoms with Crippen LogP contribution < -0.4 is 15.8 Å². The van der Waals surface area contributed by atoms with Crippen LogP contribution in [0.25, 0.3) is 6.08 Å². The number of nitrogen functional groups attached to an aromatic ring is 1. The summed E-state index contributed by atoms with van der Waals surface area (Å²) in [5, 5.41) is 3.08. The molecule has 1 unspecified atom stereocenters. The molecule has 2 aromatic carbocycles. The van der Waals surface area contributed by atoms with Gasteiger partial charge in [-0.05, 0) is 61.7 Å². The molecule has 6 heteroatoms. The summed E-state index contributed by atoms with van der Waals surface area (Å²) in [5.74, 6) is 1.81. The van der Waals surface area contributed by atoms with Gasteiger partial charge in [0, 0.05) is 24.0 Å². The number of hydrogen-bond acceptors (Lipinski definition) is 6. The van der Waals surface area contributed by atoms with E-state index in [-0.39, 0.29) is 0 Å². The van der Waals surface area contributed by atoms with Crippen LogP contribution in [0.2, 0.25) is 0 Å². The predicted molar refractivity (Wildman–Crippen MR) is 142 cm³/mol. The van der Waals surface area contributed by atoms with Crippen LogP contribution in [-0.4, -0.2) is 30.4 Å². The molecule has 0 amide bonds. The summed E-state index contributed by atoms with van der Waals surface area (Å²) in [6.45, 7) is 9.13. The van der Waals surface area contributed by atoms with E-state index >= 15 is 0 Å². The highest BCUT2D eigenvalue weighted by molar-refractivity contribution is 5.82. The maximum absolute atomic E-state index is 10.9. The maximum atomic E-state index is 10.9. The Hall–Kier alpha value is -3.51. The van der Waals surface area contributed by atoms with Crippen molar-refractivity contribution in [1.82, 2.24) is 15.3 Å². The average molecular weight is 463 g/mol. The Morgan fingerprint density at radius 3 is 2.44 bits per heavy atom. The van der Waals surface area contributed by atoms with E-state index in [2.05, 4.69) is 47.4 Å². The first-order chi connectivity index (χ1) is 16.3. The van der Waals surface area contributed by atoms with Crippen molar-refractivity contribution < 1.29 is 9.53 Å². The van der Waals surface area contributed by atoms with Gasteiger partial charge in [0.1, 0.15) is 5.75 Å². The van der Waals surface area contributed by atoms with Gasteiger partial charge in [-0.3, -0.25) is 4.79 Å². The lowest BCUT2D eigenvalue weighted by Crippen LogP contribution is -2.04. The highest BCUT2D eigenvalue weighted by Crippen LogP contribution is 2.16. The molecule has 34 heavy (non-hydrogen) atoms. The normalized spacial score (nSPS) is 11.0. The summed E-state index contributed by atoms with van der Waals surface area (Å²) in [5.41, 5.74) is 10.4. The zero-order valence-corrected chi connectivity index (χ0v) is 21.2. The second-order valence-electron chi connectivity index (χ2n) is 7.88. The predicted octanol–water partition coefficient (Wildman–Crippen LogP) is 5.65. The number of hydrogen-bond donors (Lipinski definition) is 2. The molecule has 0 saturated carbocycles. The largest absolute Gasteiger partial charge is 0.497 e. The molecule has 1 heterocycles. The molecule has 0 aliphatic heterocycles. The van der Waals surface area contributed by atoms with Gasteiger partial charge in [-0.2, -0.15) is 0 Å². The zero-order chi connectivity index (χ0) is 25.3. The SMILES string of the molecule is CCC(C)/C=C\c1c(C)cccc1C=O.CNCc1cccc(OC)c1.Cc1ccnc(N)n1. The van der Waals surface area contributed by atoms with Crippen molar-refractivity contribution in [2.24, 2.45) is 5.92 Å². The van der Waals surface area contributed by atoms with Crippen molar-refractivity contribution in [2.75, 3.05) is 19.9 Å². The van der Waals surface area contributed by atoms with E-state index in [9.17, 15) is 4.79 Å². The van der Waals surface area contributed by atoms with Gasteiger partial charge in [-0.15, -0.1) is 0 Å². The van der Waals surface area contributed by atoms with Gasteiger partial charge in [0.2, 0.25) is 5.95 Å². The Balaban J connectivity index is 0.000000268. The van der Waals surface area contributed by atoms with Crippen LogP contribution in [0, 0.1) is 19.8 Å². The molecule has 0 aliphatic rings. The minimum atomic E-state index is 0.338. The lowest BCUT2D eigenvalue weighted by molar-refractivity contribution is 0.112. The fourth-order valence-corrected chi connectivity index (χ4v) is 2.89. The number of aromatic nitrogens is 2. The van der Waals surface area contributed by atoms with E-state index in [1.807, 2.05) is 57.3 Å². The molecule has 1 aromatic heterocycles. The monoisotopic (exact) mass is 462 g/mol. The number of rotatable bonds is 7. The lowest BCUT2D eigenvalue weighted by Gasteiger charge is -2.05. The second-order valence-corrected chi connectivity index (χ2v) is 7.88. The van der Waals surface area contributed by atoms with Crippen molar-refractivity contribution in [3.8, 4) is 5.75 Å². The summed E-state index contributed by atoms with van der Waals surface area (Å²) >= 11 is 0. The highest BCUT2D eigenvalue weighted by Gasteiger charge is 2.01. The molecular formula is C28H38N4O2. The fourth-order valence-electron chi connectivity index (χ4n) is 2.89. The van der Waals surface area contributed by atoms with Gasteiger partial charge in [0.25, 0.3) is 0 Å². The van der Waals surface area contributed by atoms with Gasteiger partial charge in [0.15, 0.2) is 6.29 Å². The first kappa shape index (κ1) is 28.5. The Kier molecular flexibility index (Phi) is 13.6. The number of nitrogens with one attached hydrogen (secondary N) is 1. The molecule has 0 aliphatic carbocycles. The third kappa shape index (κ3) is 10.9. The van der Waals surface area contributed by atoms with Crippen molar-refractivity contribution in [2.45, 2.75) is 40.7 Å². The molecule has 0 spiro atoms. The number of ether oxygens (including phenoxy) is 1. The molecule has 6 nitrogen and oxygen atoms in total. The van der Waals surface area contributed by atoms with Crippen LogP contribution in [0.1, 0.15) is 53.0 Å². The number of nitrogens with two attached hydrogens (primary N) is 1. The molecule has 182 valence electrons. The minimum absolute atomic E-state index is 0.338. The highest BCUT2D eigenvalue weighted by atomic mass is 16.5. The molecule has 3 rings (SSSR count). The van der Waals surface area contributed by atoms with Gasteiger partial charge in [-0.25, -0.2) is 9.97 Å². The number of aryl methyl sites for hydroxylation is 2. The quantitative estimate of drug-likeness (QED) is 0.441. The number of allylic oxidation sites excluding steroid dienone is 1. The van der Waals surface area contributed by atoms with E-state index in [1.165, 1.54) is 5.56 Å². The first-order valence-electron chi connectivity index (χ1n) is 11.4. The number of anilines is 1. The number of methoxy groups -OCH3 is 1. The second kappa shape index (κ2) is 16.2. The summed E-state index contributed by atoms with van der Waals surface area (Å²) < 4.78 is 5.07. The summed E-state index contributed by atoms with van der Waals surface area (Å²) in [4.78, 5) is 18.4. The molecule has 1 atom stereocenters. The van der Waals surface area contributed by atoms with Gasteiger partial charge in [0.05, 0.1) is 7.11 Å². The Labute approximate surface area is 204 Å². The number of carbonyl (C=O) groups excluding carboxylic acids is 1. The summed E-state index contributed by atoms with van der Waals surface area (Å²) in [6.07, 6.45) is 7.91. The topological polar surface area (TPSA) is 90.1 Å². The Bertz CT molecular complexity index is 1020. The number of carbonyl (C=O) groups is 1. The van der Waals surface area contributed by atoms with Crippen molar-refractivity contribution in [3.05, 3.63) is 88.8 Å². The van der Waals surface area contributed by atoms with Crippen LogP contribution >= 0.6 is 0 Å². The van der Waals surface area contributed by atoms with Gasteiger partial charge < -0.3 is 15.8 Å². The first-order valence-corrected chi connectivity index (χ1v) is 11.4. The van der Waals surface area contributed by atoms with E-state index in [4.69, 9.17) is 10.5 Å². The molecule has 0 bridgehead atoms.